The second kappa shape index (κ2) is 6.66. The van der Waals surface area contributed by atoms with Crippen LogP contribution in [0.2, 0.25) is 0 Å². The molecule has 0 N–H and O–H groups in total. The van der Waals surface area contributed by atoms with Crippen molar-refractivity contribution in [3.05, 3.63) is 12.2 Å². The SMILES string of the molecule is C=C(C)CN(C)CCC(=O)OCC. The minimum absolute atomic E-state index is 0.129. The lowest BCUT2D eigenvalue weighted by atomic mass is 10.3. The van der Waals surface area contributed by atoms with Gasteiger partial charge in [-0.3, -0.25) is 4.79 Å². The molecule has 0 aliphatic heterocycles. The number of carbonyl (C=O) groups excluding carboxylic acids is 1. The van der Waals surface area contributed by atoms with Crippen LogP contribution in [0, 0.1) is 0 Å². The lowest BCUT2D eigenvalue weighted by Crippen LogP contribution is -2.24. The molecule has 13 heavy (non-hydrogen) atoms. The molecule has 0 aromatic carbocycles. The van der Waals surface area contributed by atoms with E-state index in [2.05, 4.69) is 11.5 Å². The molecule has 0 aromatic heterocycles. The van der Waals surface area contributed by atoms with Crippen LogP contribution in [0.15, 0.2) is 12.2 Å². The van der Waals surface area contributed by atoms with E-state index in [4.69, 9.17) is 4.74 Å². The highest BCUT2D eigenvalue weighted by atomic mass is 16.5. The van der Waals surface area contributed by atoms with Crippen molar-refractivity contribution in [2.24, 2.45) is 0 Å². The first-order valence-corrected chi connectivity index (χ1v) is 4.54. The predicted octanol–water partition coefficient (Wildman–Crippen LogP) is 1.45. The van der Waals surface area contributed by atoms with Crippen molar-refractivity contribution in [1.29, 1.82) is 0 Å². The monoisotopic (exact) mass is 185 g/mol. The maximum atomic E-state index is 11.0. The summed E-state index contributed by atoms with van der Waals surface area (Å²) in [7, 11) is 1.97. The van der Waals surface area contributed by atoms with Gasteiger partial charge in [0, 0.05) is 13.1 Å². The molecule has 0 spiro atoms. The van der Waals surface area contributed by atoms with Gasteiger partial charge in [-0.2, -0.15) is 0 Å². The Hall–Kier alpha value is -0.830. The quantitative estimate of drug-likeness (QED) is 0.463. The Morgan fingerprint density at radius 3 is 2.62 bits per heavy atom. The van der Waals surface area contributed by atoms with Crippen molar-refractivity contribution in [3.8, 4) is 0 Å². The smallest absolute Gasteiger partial charge is 0.307 e. The second-order valence-corrected chi connectivity index (χ2v) is 3.25. The number of rotatable bonds is 6. The predicted molar refractivity (Wildman–Crippen MR) is 53.6 cm³/mol. The summed E-state index contributed by atoms with van der Waals surface area (Å²) >= 11 is 0. The fourth-order valence-corrected chi connectivity index (χ4v) is 1.06. The van der Waals surface area contributed by atoms with Crippen molar-refractivity contribution in [1.82, 2.24) is 4.90 Å². The topological polar surface area (TPSA) is 29.5 Å². The van der Waals surface area contributed by atoms with Gasteiger partial charge in [0.2, 0.25) is 0 Å². The highest BCUT2D eigenvalue weighted by molar-refractivity contribution is 5.69. The average Bonchev–Trinajstić information content (AvgIpc) is 2.00. The van der Waals surface area contributed by atoms with Crippen LogP contribution in [0.5, 0.6) is 0 Å². The molecule has 0 aliphatic rings. The van der Waals surface area contributed by atoms with Gasteiger partial charge in [0.1, 0.15) is 0 Å². The van der Waals surface area contributed by atoms with Crippen molar-refractivity contribution in [2.75, 3.05) is 26.7 Å². The van der Waals surface area contributed by atoms with E-state index in [-0.39, 0.29) is 5.97 Å². The molecule has 0 saturated heterocycles. The summed E-state index contributed by atoms with van der Waals surface area (Å²) in [6.07, 6.45) is 0.456. The lowest BCUT2D eigenvalue weighted by molar-refractivity contribution is -0.143. The molecule has 3 heteroatoms. The van der Waals surface area contributed by atoms with Gasteiger partial charge in [-0.25, -0.2) is 0 Å². The third-order valence-corrected chi connectivity index (χ3v) is 1.54. The standard InChI is InChI=1S/C10H19NO2/c1-5-13-10(12)6-7-11(4)8-9(2)3/h2,5-8H2,1,3-4H3. The molecule has 0 rings (SSSR count). The average molecular weight is 185 g/mol. The third-order valence-electron chi connectivity index (χ3n) is 1.54. The zero-order chi connectivity index (χ0) is 10.3. The van der Waals surface area contributed by atoms with E-state index in [1.165, 1.54) is 0 Å². The zero-order valence-corrected chi connectivity index (χ0v) is 8.80. The van der Waals surface area contributed by atoms with E-state index in [1.807, 2.05) is 20.9 Å². The number of carbonyl (C=O) groups is 1. The minimum Gasteiger partial charge on any atom is -0.466 e. The Labute approximate surface area is 80.4 Å². The molecule has 0 atom stereocenters. The first kappa shape index (κ1) is 12.2. The van der Waals surface area contributed by atoms with E-state index in [0.717, 1.165) is 18.7 Å². The minimum atomic E-state index is -0.129. The Bertz CT molecular complexity index is 178. The van der Waals surface area contributed by atoms with Crippen LogP contribution in [0.3, 0.4) is 0 Å². The molecule has 0 amide bonds. The maximum Gasteiger partial charge on any atom is 0.307 e. The van der Waals surface area contributed by atoms with Crippen LogP contribution < -0.4 is 0 Å². The molecule has 0 radical (unpaired) electrons. The summed E-state index contributed by atoms with van der Waals surface area (Å²) in [5.41, 5.74) is 1.10. The fourth-order valence-electron chi connectivity index (χ4n) is 1.06. The maximum absolute atomic E-state index is 11.0. The summed E-state index contributed by atoms with van der Waals surface area (Å²) < 4.78 is 4.81. The van der Waals surface area contributed by atoms with Crippen LogP contribution in [-0.4, -0.2) is 37.6 Å². The zero-order valence-electron chi connectivity index (χ0n) is 8.80. The van der Waals surface area contributed by atoms with E-state index >= 15 is 0 Å². The summed E-state index contributed by atoms with van der Waals surface area (Å²) in [6, 6.07) is 0. The number of hydrogen-bond donors (Lipinski definition) is 0. The number of nitrogens with zero attached hydrogens (tertiary/aromatic N) is 1. The molecule has 0 unspecified atom stereocenters. The van der Waals surface area contributed by atoms with Crippen LogP contribution in [0.25, 0.3) is 0 Å². The van der Waals surface area contributed by atoms with E-state index < -0.39 is 0 Å². The van der Waals surface area contributed by atoms with Crippen molar-refractivity contribution in [3.63, 3.8) is 0 Å². The van der Waals surface area contributed by atoms with E-state index in [9.17, 15) is 4.79 Å². The van der Waals surface area contributed by atoms with Gasteiger partial charge in [0.15, 0.2) is 0 Å². The Morgan fingerprint density at radius 2 is 2.15 bits per heavy atom. The molecule has 0 bridgehead atoms. The highest BCUT2D eigenvalue weighted by Gasteiger charge is 2.04. The van der Waals surface area contributed by atoms with Crippen molar-refractivity contribution >= 4 is 5.97 Å². The number of likely N-dealkylation sites (N-methyl/N-ethyl adjacent to an activating group) is 1. The van der Waals surface area contributed by atoms with Crippen LogP contribution in [0.1, 0.15) is 20.3 Å². The second-order valence-electron chi connectivity index (χ2n) is 3.25. The highest BCUT2D eigenvalue weighted by Crippen LogP contribution is 1.95. The van der Waals surface area contributed by atoms with Crippen LogP contribution in [0.4, 0.5) is 0 Å². The molecular formula is C10H19NO2. The summed E-state index contributed by atoms with van der Waals surface area (Å²) in [4.78, 5) is 13.0. The fraction of sp³-hybridized carbons (Fsp3) is 0.700. The molecule has 0 aromatic rings. The normalized spacial score (nSPS) is 10.2. The van der Waals surface area contributed by atoms with Gasteiger partial charge in [-0.1, -0.05) is 12.2 Å². The molecule has 3 nitrogen and oxygen atoms in total. The Kier molecular flexibility index (Phi) is 6.24. The molecule has 0 aliphatic carbocycles. The van der Waals surface area contributed by atoms with Gasteiger partial charge >= 0.3 is 5.97 Å². The summed E-state index contributed by atoms with van der Waals surface area (Å²) in [6.45, 7) is 9.61. The Balaban J connectivity index is 3.51. The molecule has 0 heterocycles. The van der Waals surface area contributed by atoms with E-state index in [0.29, 0.717) is 13.0 Å². The van der Waals surface area contributed by atoms with Gasteiger partial charge in [0.05, 0.1) is 13.0 Å². The van der Waals surface area contributed by atoms with Gasteiger partial charge in [-0.15, -0.1) is 0 Å². The lowest BCUT2D eigenvalue weighted by Gasteiger charge is -2.15. The summed E-state index contributed by atoms with van der Waals surface area (Å²) in [5.74, 6) is -0.129. The van der Waals surface area contributed by atoms with Crippen molar-refractivity contribution in [2.45, 2.75) is 20.3 Å². The van der Waals surface area contributed by atoms with Crippen LogP contribution in [-0.2, 0) is 9.53 Å². The number of ether oxygens (including phenoxy) is 1. The first-order valence-electron chi connectivity index (χ1n) is 4.54. The number of hydrogen-bond acceptors (Lipinski definition) is 3. The Morgan fingerprint density at radius 1 is 1.54 bits per heavy atom. The molecule has 0 fully saturated rings. The molecule has 0 saturated carbocycles. The summed E-state index contributed by atoms with van der Waals surface area (Å²) in [5, 5.41) is 0. The third kappa shape index (κ3) is 7.53. The van der Waals surface area contributed by atoms with Gasteiger partial charge in [-0.05, 0) is 20.9 Å². The van der Waals surface area contributed by atoms with Gasteiger partial charge in [0.25, 0.3) is 0 Å². The molecule has 76 valence electrons. The first-order chi connectivity index (χ1) is 6.06. The van der Waals surface area contributed by atoms with E-state index in [1.54, 1.807) is 0 Å². The molecular weight excluding hydrogens is 166 g/mol. The van der Waals surface area contributed by atoms with Crippen LogP contribution >= 0.6 is 0 Å². The van der Waals surface area contributed by atoms with Gasteiger partial charge < -0.3 is 9.64 Å². The number of esters is 1. The largest absolute Gasteiger partial charge is 0.466 e. The van der Waals surface area contributed by atoms with Crippen molar-refractivity contribution < 1.29 is 9.53 Å².